The van der Waals surface area contributed by atoms with Crippen molar-refractivity contribution in [3.05, 3.63) is 0 Å². The molecule has 1 unspecified atom stereocenters. The number of fused-ring (bicyclic) bond motifs is 5. The van der Waals surface area contributed by atoms with Gasteiger partial charge in [-0.05, 0) is 79.4 Å². The molecule has 1 nitrogen and oxygen atoms in total. The van der Waals surface area contributed by atoms with Gasteiger partial charge in [-0.25, -0.2) is 0 Å². The van der Waals surface area contributed by atoms with Crippen LogP contribution in [-0.2, 0) is 4.79 Å². The number of carbonyl (C=O) groups is 1. The molecule has 0 radical (unpaired) electrons. The quantitative estimate of drug-likeness (QED) is 0.608. The van der Waals surface area contributed by atoms with E-state index in [1.54, 1.807) is 0 Å². The fourth-order valence-electron chi connectivity index (χ4n) is 7.04. The summed E-state index contributed by atoms with van der Waals surface area (Å²) >= 11 is 0. The van der Waals surface area contributed by atoms with Crippen molar-refractivity contribution in [1.82, 2.24) is 0 Å². The second-order valence-electron chi connectivity index (χ2n) is 8.98. The van der Waals surface area contributed by atoms with Crippen LogP contribution in [0.3, 0.4) is 0 Å². The lowest BCUT2D eigenvalue weighted by Crippen LogP contribution is -2.52. The monoisotopic (exact) mass is 274 g/mol. The zero-order valence-electron chi connectivity index (χ0n) is 13.3. The Bertz CT molecular complexity index is 427. The van der Waals surface area contributed by atoms with Crippen LogP contribution in [0.2, 0.25) is 0 Å². The number of rotatable bonds is 0. The van der Waals surface area contributed by atoms with E-state index in [1.807, 2.05) is 0 Å². The van der Waals surface area contributed by atoms with Gasteiger partial charge in [-0.1, -0.05) is 20.3 Å². The van der Waals surface area contributed by atoms with E-state index in [9.17, 15) is 4.79 Å². The Kier molecular flexibility index (Phi) is 2.89. The summed E-state index contributed by atoms with van der Waals surface area (Å²) in [4.78, 5) is 11.9. The van der Waals surface area contributed by atoms with Crippen LogP contribution < -0.4 is 0 Å². The molecule has 1 heteroatoms. The van der Waals surface area contributed by atoms with Crippen molar-refractivity contribution in [3.8, 4) is 0 Å². The van der Waals surface area contributed by atoms with Crippen molar-refractivity contribution >= 4 is 5.78 Å². The van der Waals surface area contributed by atoms with Gasteiger partial charge in [0.05, 0.1) is 0 Å². The molecule has 112 valence electrons. The van der Waals surface area contributed by atoms with Crippen LogP contribution in [0.5, 0.6) is 0 Å². The third-order valence-electron chi connectivity index (χ3n) is 8.26. The Hall–Kier alpha value is -0.330. The predicted octanol–water partition coefficient (Wildman–Crippen LogP) is 4.99. The van der Waals surface area contributed by atoms with E-state index in [0.29, 0.717) is 16.6 Å². The highest BCUT2D eigenvalue weighted by atomic mass is 16.1. The highest BCUT2D eigenvalue weighted by Crippen LogP contribution is 2.65. The second kappa shape index (κ2) is 4.34. The minimum Gasteiger partial charge on any atom is -0.300 e. The number of Topliss-reactive ketones (excluding diaryl/α,β-unsaturated/α-hetero) is 1. The van der Waals surface area contributed by atoms with Gasteiger partial charge in [0.2, 0.25) is 0 Å². The first-order chi connectivity index (χ1) is 9.53. The molecule has 20 heavy (non-hydrogen) atoms. The molecular formula is C19H30O. The highest BCUT2D eigenvalue weighted by molar-refractivity contribution is 5.79. The molecule has 0 N–H and O–H groups in total. The van der Waals surface area contributed by atoms with Crippen molar-refractivity contribution in [2.75, 3.05) is 0 Å². The van der Waals surface area contributed by atoms with Crippen molar-refractivity contribution < 1.29 is 4.79 Å². The van der Waals surface area contributed by atoms with Crippen LogP contribution in [0.15, 0.2) is 0 Å². The SMILES string of the molecule is C[C@@]12CCC[C@H]1[C@@H]1CCC3CC(=O)CC[C@@]3(C)[C@H]1CC2. The Morgan fingerprint density at radius 3 is 2.65 bits per heavy atom. The zero-order chi connectivity index (χ0) is 14.0. The molecule has 0 aromatic rings. The molecular weight excluding hydrogens is 244 g/mol. The average molecular weight is 274 g/mol. The first-order valence-electron chi connectivity index (χ1n) is 9.05. The molecule has 0 bridgehead atoms. The van der Waals surface area contributed by atoms with Crippen LogP contribution in [0, 0.1) is 34.5 Å². The largest absolute Gasteiger partial charge is 0.300 e. The summed E-state index contributed by atoms with van der Waals surface area (Å²) in [6.07, 6.45) is 13.1. The Balaban J connectivity index is 1.64. The maximum atomic E-state index is 11.9. The van der Waals surface area contributed by atoms with E-state index < -0.39 is 0 Å². The van der Waals surface area contributed by atoms with Gasteiger partial charge in [0, 0.05) is 12.8 Å². The average Bonchev–Trinajstić information content (AvgIpc) is 2.81. The number of ketones is 1. The molecule has 0 aliphatic heterocycles. The summed E-state index contributed by atoms with van der Waals surface area (Å²) in [7, 11) is 0. The molecule has 4 rings (SSSR count). The molecule has 0 spiro atoms. The highest BCUT2D eigenvalue weighted by Gasteiger charge is 2.57. The summed E-state index contributed by atoms with van der Waals surface area (Å²) in [5.41, 5.74) is 1.18. The van der Waals surface area contributed by atoms with Crippen molar-refractivity contribution in [3.63, 3.8) is 0 Å². The van der Waals surface area contributed by atoms with Crippen LogP contribution in [0.4, 0.5) is 0 Å². The van der Waals surface area contributed by atoms with E-state index in [1.165, 1.54) is 51.4 Å². The first-order valence-corrected chi connectivity index (χ1v) is 9.05. The van der Waals surface area contributed by atoms with Gasteiger partial charge in [0.15, 0.2) is 0 Å². The third kappa shape index (κ3) is 1.70. The number of hydrogen-bond donors (Lipinski definition) is 0. The van der Waals surface area contributed by atoms with E-state index in [4.69, 9.17) is 0 Å². The normalized spacial score (nSPS) is 55.0. The van der Waals surface area contributed by atoms with Gasteiger partial charge in [-0.3, -0.25) is 4.79 Å². The molecule has 0 amide bonds. The lowest BCUT2D eigenvalue weighted by atomic mass is 9.45. The maximum absolute atomic E-state index is 11.9. The van der Waals surface area contributed by atoms with Crippen molar-refractivity contribution in [1.29, 1.82) is 0 Å². The van der Waals surface area contributed by atoms with Gasteiger partial charge in [-0.2, -0.15) is 0 Å². The van der Waals surface area contributed by atoms with Crippen LogP contribution in [0.1, 0.15) is 78.1 Å². The fourth-order valence-corrected chi connectivity index (χ4v) is 7.04. The molecule has 4 fully saturated rings. The fraction of sp³-hybridized carbons (Fsp3) is 0.947. The summed E-state index contributed by atoms with van der Waals surface area (Å²) in [6, 6.07) is 0. The molecule has 0 heterocycles. The van der Waals surface area contributed by atoms with Gasteiger partial charge in [0.1, 0.15) is 5.78 Å². The predicted molar refractivity (Wildman–Crippen MR) is 81.4 cm³/mol. The number of carbonyl (C=O) groups excluding carboxylic acids is 1. The summed E-state index contributed by atoms with van der Waals surface area (Å²) < 4.78 is 0. The lowest BCUT2D eigenvalue weighted by molar-refractivity contribution is -0.137. The standard InChI is InChI=1S/C19H30O/c1-18-9-3-4-16(18)15-6-5-13-12-14(20)7-11-19(13,2)17(15)8-10-18/h13,15-17H,3-12H2,1-2H3/t13?,15-,16-,17-,18-,19+/m0/s1. The van der Waals surface area contributed by atoms with Gasteiger partial charge < -0.3 is 0 Å². The number of hydrogen-bond acceptors (Lipinski definition) is 1. The van der Waals surface area contributed by atoms with Gasteiger partial charge in [-0.15, -0.1) is 0 Å². The van der Waals surface area contributed by atoms with E-state index in [2.05, 4.69) is 13.8 Å². The van der Waals surface area contributed by atoms with Crippen LogP contribution in [0.25, 0.3) is 0 Å². The van der Waals surface area contributed by atoms with Gasteiger partial charge in [0.25, 0.3) is 0 Å². The minimum absolute atomic E-state index is 0.501. The molecule has 0 saturated heterocycles. The first kappa shape index (κ1) is 13.3. The molecule has 4 saturated carbocycles. The molecule has 6 atom stereocenters. The van der Waals surface area contributed by atoms with E-state index in [0.717, 1.165) is 36.5 Å². The Morgan fingerprint density at radius 2 is 1.80 bits per heavy atom. The second-order valence-corrected chi connectivity index (χ2v) is 8.98. The summed E-state index contributed by atoms with van der Waals surface area (Å²) in [5, 5.41) is 0. The minimum atomic E-state index is 0.501. The van der Waals surface area contributed by atoms with Crippen molar-refractivity contribution in [2.45, 2.75) is 78.1 Å². The Labute approximate surface area is 123 Å². The Morgan fingerprint density at radius 1 is 0.950 bits per heavy atom. The molecule has 4 aliphatic carbocycles. The van der Waals surface area contributed by atoms with Crippen molar-refractivity contribution in [2.24, 2.45) is 34.5 Å². The van der Waals surface area contributed by atoms with Crippen LogP contribution in [-0.4, -0.2) is 5.78 Å². The zero-order valence-corrected chi connectivity index (χ0v) is 13.3. The summed E-state index contributed by atoms with van der Waals surface area (Å²) in [6.45, 7) is 5.14. The molecule has 0 aromatic heterocycles. The third-order valence-corrected chi connectivity index (χ3v) is 8.26. The van der Waals surface area contributed by atoms with E-state index in [-0.39, 0.29) is 0 Å². The van der Waals surface area contributed by atoms with Crippen LogP contribution >= 0.6 is 0 Å². The maximum Gasteiger partial charge on any atom is 0.133 e. The topological polar surface area (TPSA) is 17.1 Å². The molecule has 0 aromatic carbocycles. The van der Waals surface area contributed by atoms with E-state index >= 15 is 0 Å². The lowest BCUT2D eigenvalue weighted by Gasteiger charge is -2.59. The smallest absolute Gasteiger partial charge is 0.133 e. The van der Waals surface area contributed by atoms with Gasteiger partial charge >= 0.3 is 0 Å². The molecule has 4 aliphatic rings. The summed E-state index contributed by atoms with van der Waals surface area (Å²) in [5.74, 6) is 4.20.